The number of anilines is 1. The second-order valence-electron chi connectivity index (χ2n) is 5.18. The fourth-order valence-electron chi connectivity index (χ4n) is 2.30. The highest BCUT2D eigenvalue weighted by Gasteiger charge is 2.26. The van der Waals surface area contributed by atoms with E-state index in [1.54, 1.807) is 12.1 Å². The summed E-state index contributed by atoms with van der Waals surface area (Å²) in [7, 11) is -3.24. The van der Waals surface area contributed by atoms with Gasteiger partial charge in [0.2, 0.25) is 10.0 Å². The summed E-state index contributed by atoms with van der Waals surface area (Å²) in [5, 5.41) is 6.21. The van der Waals surface area contributed by atoms with Gasteiger partial charge in [0.25, 0.3) is 0 Å². The van der Waals surface area contributed by atoms with Gasteiger partial charge in [-0.3, -0.25) is 0 Å². The number of benzene rings is 1. The molecule has 1 aliphatic rings. The predicted molar refractivity (Wildman–Crippen MR) is 88.1 cm³/mol. The molecule has 6 nitrogen and oxygen atoms in total. The average molecular weight is 366 g/mol. The van der Waals surface area contributed by atoms with Crippen molar-refractivity contribution in [2.45, 2.75) is 18.9 Å². The van der Waals surface area contributed by atoms with Crippen LogP contribution in [0.4, 0.5) is 10.5 Å². The van der Waals surface area contributed by atoms with E-state index in [1.165, 1.54) is 16.6 Å². The standard InChI is InChI=1S/C13H17Cl2N3O3S/c1-22(20,21)18-6-2-3-10(8-18)16-13(19)17-12-5-4-9(14)7-11(12)15/h4-5,7,10H,2-3,6,8H2,1H3,(H2,16,17,19). The highest BCUT2D eigenvalue weighted by atomic mass is 35.5. The van der Waals surface area contributed by atoms with Gasteiger partial charge in [-0.1, -0.05) is 23.2 Å². The van der Waals surface area contributed by atoms with Crippen LogP contribution in [0.5, 0.6) is 0 Å². The summed E-state index contributed by atoms with van der Waals surface area (Å²) in [5.74, 6) is 0. The molecule has 0 aromatic heterocycles. The van der Waals surface area contributed by atoms with Crippen LogP contribution in [0.15, 0.2) is 18.2 Å². The fraction of sp³-hybridized carbons (Fsp3) is 0.462. The molecule has 2 N–H and O–H groups in total. The molecule has 122 valence electrons. The minimum atomic E-state index is -3.24. The number of piperidine rings is 1. The van der Waals surface area contributed by atoms with Gasteiger partial charge in [0.15, 0.2) is 0 Å². The fourth-order valence-corrected chi connectivity index (χ4v) is 3.66. The molecule has 1 aliphatic heterocycles. The second-order valence-corrected chi connectivity index (χ2v) is 8.01. The van der Waals surface area contributed by atoms with E-state index in [2.05, 4.69) is 10.6 Å². The third-order valence-corrected chi connectivity index (χ3v) is 5.19. The number of nitrogens with zero attached hydrogens (tertiary/aromatic N) is 1. The first-order valence-corrected chi connectivity index (χ1v) is 9.34. The van der Waals surface area contributed by atoms with Crippen LogP contribution in [-0.2, 0) is 10.0 Å². The minimum absolute atomic E-state index is 0.227. The van der Waals surface area contributed by atoms with Crippen molar-refractivity contribution in [1.82, 2.24) is 9.62 Å². The number of hydrogen-bond donors (Lipinski definition) is 2. The maximum absolute atomic E-state index is 12.0. The second kappa shape index (κ2) is 7.04. The number of carbonyl (C=O) groups is 1. The van der Waals surface area contributed by atoms with Crippen LogP contribution in [0.3, 0.4) is 0 Å². The van der Waals surface area contributed by atoms with E-state index in [0.29, 0.717) is 28.7 Å². The van der Waals surface area contributed by atoms with Gasteiger partial charge in [0, 0.05) is 24.2 Å². The Balaban J connectivity index is 1.94. The van der Waals surface area contributed by atoms with Gasteiger partial charge in [-0.15, -0.1) is 0 Å². The Labute approximate surface area is 139 Å². The Bertz CT molecular complexity index is 666. The Kier molecular flexibility index (Phi) is 5.55. The maximum atomic E-state index is 12.0. The number of rotatable bonds is 3. The Morgan fingerprint density at radius 2 is 2.09 bits per heavy atom. The molecule has 0 aliphatic carbocycles. The van der Waals surface area contributed by atoms with E-state index in [1.807, 2.05) is 0 Å². The van der Waals surface area contributed by atoms with Crippen molar-refractivity contribution in [2.75, 3.05) is 24.7 Å². The summed E-state index contributed by atoms with van der Waals surface area (Å²) in [5.41, 5.74) is 0.444. The lowest BCUT2D eigenvalue weighted by Crippen LogP contribution is -2.50. The summed E-state index contributed by atoms with van der Waals surface area (Å²) in [6.45, 7) is 0.766. The molecule has 1 unspecified atom stereocenters. The van der Waals surface area contributed by atoms with Crippen molar-refractivity contribution in [3.63, 3.8) is 0 Å². The van der Waals surface area contributed by atoms with Crippen molar-refractivity contribution >= 4 is 44.9 Å². The van der Waals surface area contributed by atoms with Gasteiger partial charge in [-0.2, -0.15) is 0 Å². The van der Waals surface area contributed by atoms with Crippen LogP contribution < -0.4 is 10.6 Å². The molecule has 2 amide bonds. The van der Waals surface area contributed by atoms with E-state index >= 15 is 0 Å². The van der Waals surface area contributed by atoms with E-state index < -0.39 is 16.1 Å². The number of sulfonamides is 1. The monoisotopic (exact) mass is 365 g/mol. The van der Waals surface area contributed by atoms with Crippen molar-refractivity contribution in [3.05, 3.63) is 28.2 Å². The average Bonchev–Trinajstić information content (AvgIpc) is 2.41. The van der Waals surface area contributed by atoms with E-state index in [-0.39, 0.29) is 12.6 Å². The molecular weight excluding hydrogens is 349 g/mol. The lowest BCUT2D eigenvalue weighted by Gasteiger charge is -2.31. The van der Waals surface area contributed by atoms with Crippen LogP contribution in [0, 0.1) is 0 Å². The highest BCUT2D eigenvalue weighted by Crippen LogP contribution is 2.25. The van der Waals surface area contributed by atoms with Gasteiger partial charge in [0.1, 0.15) is 0 Å². The zero-order valence-electron chi connectivity index (χ0n) is 12.0. The molecule has 1 fully saturated rings. The van der Waals surface area contributed by atoms with Gasteiger partial charge in [-0.25, -0.2) is 17.5 Å². The SMILES string of the molecule is CS(=O)(=O)N1CCCC(NC(=O)Nc2ccc(Cl)cc2Cl)C1. The van der Waals surface area contributed by atoms with Crippen molar-refractivity contribution < 1.29 is 13.2 Å². The third kappa shape index (κ3) is 4.74. The molecule has 1 heterocycles. The van der Waals surface area contributed by atoms with Gasteiger partial charge >= 0.3 is 6.03 Å². The highest BCUT2D eigenvalue weighted by molar-refractivity contribution is 7.88. The summed E-state index contributed by atoms with van der Waals surface area (Å²) >= 11 is 11.8. The number of nitrogens with one attached hydrogen (secondary N) is 2. The van der Waals surface area contributed by atoms with Crippen molar-refractivity contribution in [3.8, 4) is 0 Å². The molecular formula is C13H17Cl2N3O3S. The zero-order valence-corrected chi connectivity index (χ0v) is 14.3. The van der Waals surface area contributed by atoms with Crippen LogP contribution in [0.2, 0.25) is 10.0 Å². The molecule has 0 spiro atoms. The molecule has 0 radical (unpaired) electrons. The van der Waals surface area contributed by atoms with Crippen LogP contribution in [0.1, 0.15) is 12.8 Å². The van der Waals surface area contributed by atoms with E-state index in [4.69, 9.17) is 23.2 Å². The quantitative estimate of drug-likeness (QED) is 0.863. The molecule has 2 rings (SSSR count). The molecule has 0 saturated carbocycles. The number of carbonyl (C=O) groups excluding carboxylic acids is 1. The van der Waals surface area contributed by atoms with Gasteiger partial charge in [0.05, 0.1) is 17.0 Å². The van der Waals surface area contributed by atoms with E-state index in [9.17, 15) is 13.2 Å². The summed E-state index contributed by atoms with van der Waals surface area (Å²) in [6, 6.07) is 4.10. The first-order chi connectivity index (χ1) is 10.3. The Morgan fingerprint density at radius 1 is 1.36 bits per heavy atom. The molecule has 0 bridgehead atoms. The van der Waals surface area contributed by atoms with Crippen LogP contribution in [0.25, 0.3) is 0 Å². The summed E-state index contributed by atoms with van der Waals surface area (Å²) in [6.07, 6.45) is 2.61. The summed E-state index contributed by atoms with van der Waals surface area (Å²) in [4.78, 5) is 12.0. The molecule has 1 atom stereocenters. The molecule has 1 aromatic rings. The first-order valence-electron chi connectivity index (χ1n) is 6.73. The molecule has 1 aromatic carbocycles. The number of halogens is 2. The topological polar surface area (TPSA) is 78.5 Å². The van der Waals surface area contributed by atoms with E-state index in [0.717, 1.165) is 6.42 Å². The predicted octanol–water partition coefficient (Wildman–Crippen LogP) is 2.54. The lowest BCUT2D eigenvalue weighted by atomic mass is 10.1. The Hall–Kier alpha value is -1.02. The van der Waals surface area contributed by atoms with Crippen molar-refractivity contribution in [2.24, 2.45) is 0 Å². The molecule has 1 saturated heterocycles. The number of hydrogen-bond acceptors (Lipinski definition) is 3. The van der Waals surface area contributed by atoms with Gasteiger partial charge < -0.3 is 10.6 Å². The first kappa shape index (κ1) is 17.3. The third-order valence-electron chi connectivity index (χ3n) is 3.37. The van der Waals surface area contributed by atoms with Gasteiger partial charge in [-0.05, 0) is 31.0 Å². The number of amides is 2. The lowest BCUT2D eigenvalue weighted by molar-refractivity contribution is 0.236. The maximum Gasteiger partial charge on any atom is 0.319 e. The summed E-state index contributed by atoms with van der Waals surface area (Å²) < 4.78 is 24.5. The molecule has 22 heavy (non-hydrogen) atoms. The van der Waals surface area contributed by atoms with Crippen LogP contribution in [-0.4, -0.2) is 44.1 Å². The Morgan fingerprint density at radius 3 is 2.73 bits per heavy atom. The normalized spacial score (nSPS) is 19.7. The smallest absolute Gasteiger partial charge is 0.319 e. The largest absolute Gasteiger partial charge is 0.334 e. The minimum Gasteiger partial charge on any atom is -0.334 e. The zero-order chi connectivity index (χ0) is 16.3. The molecule has 9 heteroatoms. The van der Waals surface area contributed by atoms with Crippen molar-refractivity contribution in [1.29, 1.82) is 0 Å². The van der Waals surface area contributed by atoms with Crippen LogP contribution >= 0.6 is 23.2 Å². The number of urea groups is 1.